The summed E-state index contributed by atoms with van der Waals surface area (Å²) < 4.78 is 11.4. The highest BCUT2D eigenvalue weighted by molar-refractivity contribution is 5.36. The van der Waals surface area contributed by atoms with Crippen molar-refractivity contribution in [2.75, 3.05) is 33.5 Å². The number of aliphatic hydroxyl groups is 1. The Hall–Kier alpha value is -1.38. The van der Waals surface area contributed by atoms with E-state index in [1.165, 1.54) is 29.5 Å². The number of rotatable bonds is 10. The molecule has 0 spiro atoms. The van der Waals surface area contributed by atoms with E-state index >= 15 is 0 Å². The maximum Gasteiger partial charge on any atom is 0.0704 e. The largest absolute Gasteiger partial charge is 0.400 e. The van der Waals surface area contributed by atoms with Crippen LogP contribution < -0.4 is 5.73 Å². The molecule has 4 nitrogen and oxygen atoms in total. The Balaban J connectivity index is 0.00000171. The standard InChI is InChI=1S/C21H31NO2.C2H6.CH4O/c1-3-5-11-23-12-13-24-21-10-9-17-14-18(7-8-19(17)15-21)20(16-22)6-4-2;2*1-2/h1,7-8,14,20-21H,4-6,9-13,15-16,22H2,2H3;1-2H3;2H,1H3. The highest BCUT2D eigenvalue weighted by Gasteiger charge is 2.20. The molecule has 0 aromatic heterocycles. The van der Waals surface area contributed by atoms with Gasteiger partial charge in [-0.3, -0.25) is 0 Å². The summed E-state index contributed by atoms with van der Waals surface area (Å²) in [6.07, 6.45) is 11.7. The summed E-state index contributed by atoms with van der Waals surface area (Å²) in [5.41, 5.74) is 10.3. The van der Waals surface area contributed by atoms with Gasteiger partial charge in [-0.2, -0.15) is 0 Å². The number of nitrogens with two attached hydrogens (primary N) is 1. The van der Waals surface area contributed by atoms with Crippen LogP contribution in [0.2, 0.25) is 0 Å². The Kier molecular flexibility index (Phi) is 16.8. The Labute approximate surface area is 172 Å². The van der Waals surface area contributed by atoms with Crippen LogP contribution >= 0.6 is 0 Å². The molecule has 0 aliphatic heterocycles. The maximum absolute atomic E-state index is 7.00. The van der Waals surface area contributed by atoms with E-state index in [0.717, 1.165) is 32.9 Å². The van der Waals surface area contributed by atoms with Crippen LogP contribution in [0.1, 0.15) is 69.1 Å². The van der Waals surface area contributed by atoms with Gasteiger partial charge in [-0.25, -0.2) is 0 Å². The predicted octanol–water partition coefficient (Wildman–Crippen LogP) is 4.08. The first-order valence-electron chi connectivity index (χ1n) is 10.7. The van der Waals surface area contributed by atoms with Crippen LogP contribution in [0.4, 0.5) is 0 Å². The van der Waals surface area contributed by atoms with Crippen molar-refractivity contribution in [2.45, 2.75) is 71.3 Å². The maximum atomic E-state index is 7.00. The summed E-state index contributed by atoms with van der Waals surface area (Å²) in [5, 5.41) is 7.00. The van der Waals surface area contributed by atoms with Crippen molar-refractivity contribution in [1.82, 2.24) is 0 Å². The third kappa shape index (κ3) is 9.71. The molecule has 0 amide bonds. The van der Waals surface area contributed by atoms with Gasteiger partial charge in [-0.15, -0.1) is 12.3 Å². The molecular weight excluding hydrogens is 350 g/mol. The van der Waals surface area contributed by atoms with E-state index in [0.29, 0.717) is 38.3 Å². The van der Waals surface area contributed by atoms with Gasteiger partial charge in [0.2, 0.25) is 0 Å². The number of benzene rings is 1. The van der Waals surface area contributed by atoms with Crippen molar-refractivity contribution in [3.8, 4) is 12.3 Å². The average Bonchev–Trinajstić information content (AvgIpc) is 2.77. The molecule has 1 aliphatic carbocycles. The quantitative estimate of drug-likeness (QED) is 0.466. The monoisotopic (exact) mass is 391 g/mol. The minimum atomic E-state index is 0.306. The zero-order valence-electron chi connectivity index (χ0n) is 18.4. The van der Waals surface area contributed by atoms with Crippen LogP contribution in [-0.4, -0.2) is 44.7 Å². The summed E-state index contributed by atoms with van der Waals surface area (Å²) in [4.78, 5) is 0. The lowest BCUT2D eigenvalue weighted by atomic mass is 9.85. The molecular formula is C24H41NO3. The van der Waals surface area contributed by atoms with Crippen LogP contribution in [0.5, 0.6) is 0 Å². The van der Waals surface area contributed by atoms with Gasteiger partial charge < -0.3 is 20.3 Å². The zero-order chi connectivity index (χ0) is 21.2. The molecule has 0 fully saturated rings. The van der Waals surface area contributed by atoms with Gasteiger partial charge in [-0.05, 0) is 54.8 Å². The summed E-state index contributed by atoms with van der Waals surface area (Å²) in [5.74, 6) is 3.06. The van der Waals surface area contributed by atoms with Gasteiger partial charge in [0.1, 0.15) is 0 Å². The summed E-state index contributed by atoms with van der Waals surface area (Å²) in [6.45, 7) is 8.85. The van der Waals surface area contributed by atoms with Gasteiger partial charge >= 0.3 is 0 Å². The first kappa shape index (κ1) is 26.6. The van der Waals surface area contributed by atoms with Gasteiger partial charge in [0.25, 0.3) is 0 Å². The molecule has 1 aromatic carbocycles. The molecule has 0 saturated carbocycles. The van der Waals surface area contributed by atoms with Gasteiger partial charge in [0.05, 0.1) is 25.9 Å². The summed E-state index contributed by atoms with van der Waals surface area (Å²) >= 11 is 0. The molecule has 4 heteroatoms. The first-order valence-corrected chi connectivity index (χ1v) is 10.7. The van der Waals surface area contributed by atoms with Crippen molar-refractivity contribution < 1.29 is 14.6 Å². The van der Waals surface area contributed by atoms with E-state index in [1.807, 2.05) is 13.8 Å². The number of hydrogen-bond acceptors (Lipinski definition) is 4. The van der Waals surface area contributed by atoms with Gasteiger partial charge in [0.15, 0.2) is 0 Å². The first-order chi connectivity index (χ1) is 13.8. The lowest BCUT2D eigenvalue weighted by Gasteiger charge is -2.26. The minimum absolute atomic E-state index is 0.306. The summed E-state index contributed by atoms with van der Waals surface area (Å²) in [6, 6.07) is 6.92. The second kappa shape index (κ2) is 17.7. The molecule has 2 atom stereocenters. The third-order valence-electron chi connectivity index (χ3n) is 4.78. The fourth-order valence-corrected chi connectivity index (χ4v) is 3.41. The average molecular weight is 392 g/mol. The van der Waals surface area contributed by atoms with Crippen molar-refractivity contribution in [3.05, 3.63) is 34.9 Å². The smallest absolute Gasteiger partial charge is 0.0704 e. The molecule has 0 radical (unpaired) electrons. The molecule has 2 unspecified atom stereocenters. The van der Waals surface area contributed by atoms with E-state index in [4.69, 9.17) is 26.7 Å². The SMILES string of the molecule is C#CCCOCCOC1CCc2cc(C(CN)CCC)ccc2C1.CC.CO. The Bertz CT molecular complexity index is 539. The minimum Gasteiger partial charge on any atom is -0.400 e. The number of aryl methyl sites for hydroxylation is 1. The van der Waals surface area contributed by atoms with Crippen LogP contribution in [-0.2, 0) is 22.3 Å². The Morgan fingerprint density at radius 2 is 1.96 bits per heavy atom. The number of ether oxygens (including phenoxy) is 2. The fourth-order valence-electron chi connectivity index (χ4n) is 3.41. The number of fused-ring (bicyclic) bond motifs is 1. The summed E-state index contributed by atoms with van der Waals surface area (Å²) in [7, 11) is 1.00. The molecule has 28 heavy (non-hydrogen) atoms. The van der Waals surface area contributed by atoms with E-state index < -0.39 is 0 Å². The van der Waals surface area contributed by atoms with Crippen molar-refractivity contribution >= 4 is 0 Å². The number of terminal acetylenes is 1. The molecule has 3 N–H and O–H groups in total. The number of hydrogen-bond donors (Lipinski definition) is 2. The third-order valence-corrected chi connectivity index (χ3v) is 4.78. The fraction of sp³-hybridized carbons (Fsp3) is 0.667. The highest BCUT2D eigenvalue weighted by atomic mass is 16.5. The second-order valence-electron chi connectivity index (χ2n) is 6.55. The van der Waals surface area contributed by atoms with Crippen LogP contribution in [0.3, 0.4) is 0 Å². The van der Waals surface area contributed by atoms with E-state index in [2.05, 4.69) is 31.0 Å². The Morgan fingerprint density at radius 3 is 2.61 bits per heavy atom. The molecule has 1 aromatic rings. The van der Waals surface area contributed by atoms with E-state index in [1.54, 1.807) is 0 Å². The van der Waals surface area contributed by atoms with Crippen LogP contribution in [0.15, 0.2) is 18.2 Å². The molecule has 1 aliphatic rings. The predicted molar refractivity (Wildman–Crippen MR) is 119 cm³/mol. The van der Waals surface area contributed by atoms with E-state index in [-0.39, 0.29) is 0 Å². The van der Waals surface area contributed by atoms with Crippen molar-refractivity contribution in [2.24, 2.45) is 5.73 Å². The van der Waals surface area contributed by atoms with Crippen molar-refractivity contribution in [3.63, 3.8) is 0 Å². The van der Waals surface area contributed by atoms with Crippen LogP contribution in [0, 0.1) is 12.3 Å². The van der Waals surface area contributed by atoms with E-state index in [9.17, 15) is 0 Å². The second-order valence-corrected chi connectivity index (χ2v) is 6.55. The molecule has 2 rings (SSSR count). The lowest BCUT2D eigenvalue weighted by Crippen LogP contribution is -2.24. The molecule has 0 heterocycles. The topological polar surface area (TPSA) is 64.7 Å². The zero-order valence-corrected chi connectivity index (χ0v) is 18.4. The van der Waals surface area contributed by atoms with Gasteiger partial charge in [0, 0.05) is 13.5 Å². The lowest BCUT2D eigenvalue weighted by molar-refractivity contribution is 0.000647. The van der Waals surface area contributed by atoms with Gasteiger partial charge in [-0.1, -0.05) is 45.4 Å². The normalized spacial score (nSPS) is 15.8. The Morgan fingerprint density at radius 1 is 1.21 bits per heavy atom. The number of aliphatic hydroxyl groups excluding tert-OH is 1. The van der Waals surface area contributed by atoms with Crippen LogP contribution in [0.25, 0.3) is 0 Å². The van der Waals surface area contributed by atoms with Crippen molar-refractivity contribution in [1.29, 1.82) is 0 Å². The molecule has 0 bridgehead atoms. The molecule has 160 valence electrons. The molecule has 0 saturated heterocycles. The highest BCUT2D eigenvalue weighted by Crippen LogP contribution is 2.28.